The van der Waals surface area contributed by atoms with Crippen molar-refractivity contribution in [2.75, 3.05) is 6.54 Å². The van der Waals surface area contributed by atoms with Gasteiger partial charge in [0.05, 0.1) is 0 Å². The zero-order valence-electron chi connectivity index (χ0n) is 8.27. The lowest BCUT2D eigenvalue weighted by Gasteiger charge is -2.20. The molecule has 1 saturated carbocycles. The lowest BCUT2D eigenvalue weighted by Crippen LogP contribution is -2.29. The Balaban J connectivity index is 2.13. The average molecular weight is 202 g/mol. The molecule has 0 aromatic carbocycles. The molecular formula is C11H20ClN. The van der Waals surface area contributed by atoms with Gasteiger partial charge >= 0.3 is 0 Å². The van der Waals surface area contributed by atoms with Crippen LogP contribution in [0.4, 0.5) is 0 Å². The molecule has 1 aliphatic carbocycles. The van der Waals surface area contributed by atoms with Gasteiger partial charge in [-0.3, -0.25) is 0 Å². The standard InChI is InChI=1S/C11H20ClN/c12-9-6-10-13-11-7-4-2-1-3-5-8-11/h6,9,11,13H,1-5,7-8,10H2/b9-6+. The van der Waals surface area contributed by atoms with E-state index in [0.717, 1.165) is 12.6 Å². The topological polar surface area (TPSA) is 12.0 Å². The Hall–Kier alpha value is -0.0100. The van der Waals surface area contributed by atoms with E-state index in [0.29, 0.717) is 0 Å². The maximum atomic E-state index is 5.46. The van der Waals surface area contributed by atoms with E-state index >= 15 is 0 Å². The van der Waals surface area contributed by atoms with Crippen LogP contribution in [0, 0.1) is 0 Å². The van der Waals surface area contributed by atoms with Gasteiger partial charge in [0.15, 0.2) is 0 Å². The highest BCUT2D eigenvalue weighted by Gasteiger charge is 2.08. The zero-order valence-corrected chi connectivity index (χ0v) is 9.02. The second kappa shape index (κ2) is 7.40. The van der Waals surface area contributed by atoms with Crippen LogP contribution in [0.1, 0.15) is 44.9 Å². The third kappa shape index (κ3) is 5.33. The minimum absolute atomic E-state index is 0.730. The minimum Gasteiger partial charge on any atom is -0.310 e. The summed E-state index contributed by atoms with van der Waals surface area (Å²) in [7, 11) is 0. The quantitative estimate of drug-likeness (QED) is 0.738. The molecule has 1 N–H and O–H groups in total. The predicted octanol–water partition coefficient (Wildman–Crippen LogP) is 3.44. The zero-order chi connectivity index (χ0) is 9.36. The summed E-state index contributed by atoms with van der Waals surface area (Å²) in [5, 5.41) is 3.52. The van der Waals surface area contributed by atoms with Crippen molar-refractivity contribution >= 4 is 11.6 Å². The summed E-state index contributed by atoms with van der Waals surface area (Å²) < 4.78 is 0. The van der Waals surface area contributed by atoms with E-state index in [4.69, 9.17) is 11.6 Å². The normalized spacial score (nSPS) is 21.6. The minimum atomic E-state index is 0.730. The Kier molecular flexibility index (Phi) is 6.30. The molecule has 0 radical (unpaired) electrons. The van der Waals surface area contributed by atoms with Crippen LogP contribution in [0.25, 0.3) is 0 Å². The number of hydrogen-bond acceptors (Lipinski definition) is 1. The molecule has 1 aliphatic rings. The molecule has 76 valence electrons. The molecule has 13 heavy (non-hydrogen) atoms. The molecule has 0 aromatic rings. The molecule has 2 heteroatoms. The van der Waals surface area contributed by atoms with Gasteiger partial charge in [-0.2, -0.15) is 0 Å². The first kappa shape index (κ1) is 11.1. The number of nitrogens with one attached hydrogen (secondary N) is 1. The third-order valence-corrected chi connectivity index (χ3v) is 2.90. The number of rotatable bonds is 3. The van der Waals surface area contributed by atoms with E-state index in [9.17, 15) is 0 Å². The average Bonchev–Trinajstić information content (AvgIpc) is 2.08. The fourth-order valence-corrected chi connectivity index (χ4v) is 2.03. The molecule has 0 saturated heterocycles. The van der Waals surface area contributed by atoms with Gasteiger partial charge < -0.3 is 5.32 Å². The second-order valence-corrected chi connectivity index (χ2v) is 4.06. The van der Waals surface area contributed by atoms with E-state index in [-0.39, 0.29) is 0 Å². The van der Waals surface area contributed by atoms with E-state index < -0.39 is 0 Å². The van der Waals surface area contributed by atoms with Crippen molar-refractivity contribution in [1.82, 2.24) is 5.32 Å². The fraction of sp³-hybridized carbons (Fsp3) is 0.818. The molecule has 1 fully saturated rings. The SMILES string of the molecule is Cl/C=C/CNC1CCCCCCC1. The van der Waals surface area contributed by atoms with Crippen LogP contribution in [0.3, 0.4) is 0 Å². The van der Waals surface area contributed by atoms with E-state index in [2.05, 4.69) is 5.32 Å². The molecule has 0 aliphatic heterocycles. The molecule has 0 heterocycles. The Morgan fingerprint density at radius 3 is 2.31 bits per heavy atom. The van der Waals surface area contributed by atoms with Crippen molar-refractivity contribution < 1.29 is 0 Å². The molecule has 0 bridgehead atoms. The van der Waals surface area contributed by atoms with Crippen molar-refractivity contribution in [2.45, 2.75) is 51.0 Å². The van der Waals surface area contributed by atoms with Crippen LogP contribution < -0.4 is 5.32 Å². The van der Waals surface area contributed by atoms with Gasteiger partial charge in [0.1, 0.15) is 0 Å². The summed E-state index contributed by atoms with van der Waals surface area (Å²) in [5.74, 6) is 0. The third-order valence-electron chi connectivity index (χ3n) is 2.72. The van der Waals surface area contributed by atoms with E-state index in [1.165, 1.54) is 44.9 Å². The molecule has 0 unspecified atom stereocenters. The van der Waals surface area contributed by atoms with E-state index in [1.807, 2.05) is 6.08 Å². The van der Waals surface area contributed by atoms with E-state index in [1.54, 1.807) is 5.54 Å². The number of halogens is 1. The van der Waals surface area contributed by atoms with Gasteiger partial charge in [-0.05, 0) is 12.8 Å². The molecule has 0 atom stereocenters. The Morgan fingerprint density at radius 1 is 1.08 bits per heavy atom. The monoisotopic (exact) mass is 201 g/mol. The Morgan fingerprint density at radius 2 is 1.69 bits per heavy atom. The van der Waals surface area contributed by atoms with Crippen LogP contribution in [-0.2, 0) is 0 Å². The Labute approximate surface area is 86.5 Å². The van der Waals surface area contributed by atoms with Gasteiger partial charge in [0.2, 0.25) is 0 Å². The van der Waals surface area contributed by atoms with Gasteiger partial charge in [0, 0.05) is 18.1 Å². The summed E-state index contributed by atoms with van der Waals surface area (Å²) in [5.41, 5.74) is 1.59. The van der Waals surface area contributed by atoms with Crippen molar-refractivity contribution in [3.05, 3.63) is 11.6 Å². The lowest BCUT2D eigenvalue weighted by atomic mass is 9.97. The molecule has 0 aromatic heterocycles. The first-order chi connectivity index (χ1) is 6.43. The van der Waals surface area contributed by atoms with Gasteiger partial charge in [-0.1, -0.05) is 49.8 Å². The predicted molar refractivity (Wildman–Crippen MR) is 59.1 cm³/mol. The smallest absolute Gasteiger partial charge is 0.0149 e. The first-order valence-corrected chi connectivity index (χ1v) is 5.85. The Bertz CT molecular complexity index is 137. The second-order valence-electron chi connectivity index (χ2n) is 3.81. The summed E-state index contributed by atoms with van der Waals surface area (Å²) in [6.45, 7) is 0.925. The summed E-state index contributed by atoms with van der Waals surface area (Å²) >= 11 is 5.46. The largest absolute Gasteiger partial charge is 0.310 e. The van der Waals surface area contributed by atoms with Gasteiger partial charge in [-0.15, -0.1) is 0 Å². The van der Waals surface area contributed by atoms with Crippen LogP contribution in [0.5, 0.6) is 0 Å². The van der Waals surface area contributed by atoms with Crippen molar-refractivity contribution in [3.8, 4) is 0 Å². The van der Waals surface area contributed by atoms with Crippen LogP contribution >= 0.6 is 11.6 Å². The molecule has 1 nitrogen and oxygen atoms in total. The highest BCUT2D eigenvalue weighted by Crippen LogP contribution is 2.16. The summed E-state index contributed by atoms with van der Waals surface area (Å²) in [6.07, 6.45) is 11.7. The van der Waals surface area contributed by atoms with Crippen LogP contribution in [0.2, 0.25) is 0 Å². The van der Waals surface area contributed by atoms with Crippen LogP contribution in [-0.4, -0.2) is 12.6 Å². The molecule has 0 spiro atoms. The lowest BCUT2D eigenvalue weighted by molar-refractivity contribution is 0.401. The maximum absolute atomic E-state index is 5.46. The summed E-state index contributed by atoms with van der Waals surface area (Å²) in [4.78, 5) is 0. The number of hydrogen-bond donors (Lipinski definition) is 1. The highest BCUT2D eigenvalue weighted by molar-refractivity contribution is 6.25. The first-order valence-electron chi connectivity index (χ1n) is 5.42. The molecular weight excluding hydrogens is 182 g/mol. The summed E-state index contributed by atoms with van der Waals surface area (Å²) in [6, 6.07) is 0.730. The fourth-order valence-electron chi connectivity index (χ4n) is 1.94. The van der Waals surface area contributed by atoms with Crippen molar-refractivity contribution in [3.63, 3.8) is 0 Å². The molecule has 0 amide bonds. The highest BCUT2D eigenvalue weighted by atomic mass is 35.5. The van der Waals surface area contributed by atoms with Crippen LogP contribution in [0.15, 0.2) is 11.6 Å². The van der Waals surface area contributed by atoms with Crippen molar-refractivity contribution in [2.24, 2.45) is 0 Å². The van der Waals surface area contributed by atoms with Gasteiger partial charge in [-0.25, -0.2) is 0 Å². The van der Waals surface area contributed by atoms with Gasteiger partial charge in [0.25, 0.3) is 0 Å². The van der Waals surface area contributed by atoms with Crippen molar-refractivity contribution in [1.29, 1.82) is 0 Å². The molecule has 1 rings (SSSR count). The maximum Gasteiger partial charge on any atom is 0.0149 e.